The first-order chi connectivity index (χ1) is 5.81. The molecule has 0 aromatic carbocycles. The van der Waals surface area contributed by atoms with Crippen LogP contribution >= 0.6 is 0 Å². The summed E-state index contributed by atoms with van der Waals surface area (Å²) < 4.78 is 44.1. The van der Waals surface area contributed by atoms with E-state index in [-0.39, 0.29) is 17.9 Å². The molecule has 0 aromatic heterocycles. The fourth-order valence-electron chi connectivity index (χ4n) is 1.42. The Bertz CT molecular complexity index is 369. The van der Waals surface area contributed by atoms with Gasteiger partial charge in [0.25, 0.3) is 0 Å². The number of hydrogen-bond acceptors (Lipinski definition) is 4. The number of sulfone groups is 1. The number of hydrogen-bond donors (Lipinski definition) is 1. The molecular formula is C6H13NO4S2. The third-order valence-electron chi connectivity index (χ3n) is 2.20. The summed E-state index contributed by atoms with van der Waals surface area (Å²) in [5.74, 6) is 0.0209. The van der Waals surface area contributed by atoms with Crippen molar-refractivity contribution in [2.24, 2.45) is 5.14 Å². The summed E-state index contributed by atoms with van der Waals surface area (Å²) in [6.07, 6.45) is 0.892. The van der Waals surface area contributed by atoms with Crippen LogP contribution in [-0.2, 0) is 19.9 Å². The SMILES string of the molecule is NS(=O)(=O)C1CCCS(=O)(=O)CC1. The van der Waals surface area contributed by atoms with E-state index in [0.717, 1.165) is 0 Å². The maximum Gasteiger partial charge on any atom is 0.211 e. The van der Waals surface area contributed by atoms with E-state index in [4.69, 9.17) is 5.14 Å². The van der Waals surface area contributed by atoms with E-state index >= 15 is 0 Å². The van der Waals surface area contributed by atoms with E-state index in [2.05, 4.69) is 0 Å². The number of nitrogens with two attached hydrogens (primary N) is 1. The van der Waals surface area contributed by atoms with Crippen molar-refractivity contribution in [1.82, 2.24) is 0 Å². The molecule has 0 bridgehead atoms. The lowest BCUT2D eigenvalue weighted by molar-refractivity contribution is 0.569. The van der Waals surface area contributed by atoms with Crippen LogP contribution in [0.1, 0.15) is 19.3 Å². The molecule has 1 unspecified atom stereocenters. The molecule has 1 aliphatic heterocycles. The highest BCUT2D eigenvalue weighted by molar-refractivity contribution is 7.91. The summed E-state index contributed by atoms with van der Waals surface area (Å²) in [6.45, 7) is 0. The molecule has 2 N–H and O–H groups in total. The van der Waals surface area contributed by atoms with Crippen molar-refractivity contribution in [2.75, 3.05) is 11.5 Å². The average Bonchev–Trinajstić information content (AvgIpc) is 2.08. The molecule has 0 aliphatic carbocycles. The summed E-state index contributed by atoms with van der Waals surface area (Å²) in [4.78, 5) is 0. The van der Waals surface area contributed by atoms with Gasteiger partial charge in [-0.25, -0.2) is 22.0 Å². The van der Waals surface area contributed by atoms with Gasteiger partial charge in [0.2, 0.25) is 10.0 Å². The Morgan fingerprint density at radius 2 is 1.77 bits per heavy atom. The number of sulfonamides is 1. The molecule has 1 fully saturated rings. The van der Waals surface area contributed by atoms with E-state index in [0.29, 0.717) is 12.8 Å². The quantitative estimate of drug-likeness (QED) is 0.637. The van der Waals surface area contributed by atoms with Crippen molar-refractivity contribution < 1.29 is 16.8 Å². The first-order valence-corrected chi connectivity index (χ1v) is 7.46. The van der Waals surface area contributed by atoms with Crippen molar-refractivity contribution >= 4 is 19.9 Å². The van der Waals surface area contributed by atoms with Gasteiger partial charge in [-0.2, -0.15) is 0 Å². The first-order valence-electron chi connectivity index (χ1n) is 4.03. The van der Waals surface area contributed by atoms with Crippen LogP contribution in [0.3, 0.4) is 0 Å². The normalized spacial score (nSPS) is 29.5. The third kappa shape index (κ3) is 3.24. The topological polar surface area (TPSA) is 94.3 Å². The predicted octanol–water partition coefficient (Wildman–Crippen LogP) is -0.758. The van der Waals surface area contributed by atoms with Gasteiger partial charge in [-0.05, 0) is 19.3 Å². The molecule has 0 saturated carbocycles. The lowest BCUT2D eigenvalue weighted by Gasteiger charge is -2.09. The second-order valence-corrected chi connectivity index (χ2v) is 7.44. The van der Waals surface area contributed by atoms with Gasteiger partial charge in [0.15, 0.2) is 0 Å². The van der Waals surface area contributed by atoms with E-state index in [1.54, 1.807) is 0 Å². The summed E-state index contributed by atoms with van der Waals surface area (Å²) in [7, 11) is -6.60. The Hall–Kier alpha value is -0.140. The van der Waals surface area contributed by atoms with Crippen LogP contribution in [0.4, 0.5) is 0 Å². The summed E-state index contributed by atoms with van der Waals surface area (Å²) in [6, 6.07) is 0. The summed E-state index contributed by atoms with van der Waals surface area (Å²) in [5.41, 5.74) is 0. The lowest BCUT2D eigenvalue weighted by Crippen LogP contribution is -2.28. The lowest BCUT2D eigenvalue weighted by atomic mass is 10.2. The van der Waals surface area contributed by atoms with Gasteiger partial charge in [-0.1, -0.05) is 0 Å². The Kier molecular flexibility index (Phi) is 2.98. The summed E-state index contributed by atoms with van der Waals surface area (Å²) >= 11 is 0. The highest BCUT2D eigenvalue weighted by Crippen LogP contribution is 2.17. The minimum atomic E-state index is -3.56. The van der Waals surface area contributed by atoms with Gasteiger partial charge < -0.3 is 0 Å². The van der Waals surface area contributed by atoms with E-state index < -0.39 is 25.1 Å². The van der Waals surface area contributed by atoms with Gasteiger partial charge in [-0.15, -0.1) is 0 Å². The van der Waals surface area contributed by atoms with Crippen molar-refractivity contribution in [3.05, 3.63) is 0 Å². The molecular weight excluding hydrogens is 214 g/mol. The molecule has 1 heterocycles. The van der Waals surface area contributed by atoms with E-state index in [9.17, 15) is 16.8 Å². The molecule has 0 radical (unpaired) electrons. The van der Waals surface area contributed by atoms with Crippen LogP contribution < -0.4 is 5.14 Å². The summed E-state index contributed by atoms with van der Waals surface area (Å²) in [5, 5.41) is 4.27. The zero-order valence-electron chi connectivity index (χ0n) is 7.14. The molecule has 1 rings (SSSR count). The molecule has 13 heavy (non-hydrogen) atoms. The maximum atomic E-state index is 11.1. The predicted molar refractivity (Wildman–Crippen MR) is 49.4 cm³/mol. The molecule has 1 saturated heterocycles. The van der Waals surface area contributed by atoms with Crippen LogP contribution in [0.15, 0.2) is 0 Å². The average molecular weight is 227 g/mol. The molecule has 1 aliphatic rings. The van der Waals surface area contributed by atoms with Crippen LogP contribution in [0.25, 0.3) is 0 Å². The fourth-order valence-corrected chi connectivity index (χ4v) is 3.96. The second kappa shape index (κ2) is 3.55. The molecule has 0 amide bonds. The smallest absolute Gasteiger partial charge is 0.211 e. The zero-order chi connectivity index (χ0) is 10.1. The zero-order valence-corrected chi connectivity index (χ0v) is 8.77. The minimum Gasteiger partial charge on any atom is -0.229 e. The second-order valence-electron chi connectivity index (χ2n) is 3.29. The third-order valence-corrected chi connectivity index (χ3v) is 5.37. The standard InChI is InChI=1S/C6H13NO4S2/c7-13(10,11)6-2-1-4-12(8,9)5-3-6/h6H,1-5H2,(H2,7,10,11). The maximum absolute atomic E-state index is 11.1. The van der Waals surface area contributed by atoms with Gasteiger partial charge in [0.05, 0.1) is 16.8 Å². The van der Waals surface area contributed by atoms with Gasteiger partial charge >= 0.3 is 0 Å². The fraction of sp³-hybridized carbons (Fsp3) is 1.00. The van der Waals surface area contributed by atoms with E-state index in [1.807, 2.05) is 0 Å². The molecule has 0 aromatic rings. The molecule has 78 valence electrons. The van der Waals surface area contributed by atoms with Crippen molar-refractivity contribution in [2.45, 2.75) is 24.5 Å². The largest absolute Gasteiger partial charge is 0.229 e. The van der Waals surface area contributed by atoms with Gasteiger partial charge in [-0.3, -0.25) is 0 Å². The molecule has 1 atom stereocenters. The Morgan fingerprint density at radius 3 is 2.31 bits per heavy atom. The van der Waals surface area contributed by atoms with Crippen LogP contribution in [0.5, 0.6) is 0 Å². The Morgan fingerprint density at radius 1 is 1.15 bits per heavy atom. The van der Waals surface area contributed by atoms with Crippen LogP contribution in [0.2, 0.25) is 0 Å². The van der Waals surface area contributed by atoms with Crippen molar-refractivity contribution in [3.63, 3.8) is 0 Å². The monoisotopic (exact) mass is 227 g/mol. The molecule has 5 nitrogen and oxygen atoms in total. The first kappa shape index (κ1) is 10.9. The Balaban J connectivity index is 2.77. The van der Waals surface area contributed by atoms with E-state index in [1.165, 1.54) is 0 Å². The highest BCUT2D eigenvalue weighted by Gasteiger charge is 2.27. The van der Waals surface area contributed by atoms with Crippen molar-refractivity contribution in [3.8, 4) is 0 Å². The van der Waals surface area contributed by atoms with Crippen LogP contribution in [0, 0.1) is 0 Å². The molecule has 7 heteroatoms. The van der Waals surface area contributed by atoms with Crippen molar-refractivity contribution in [1.29, 1.82) is 0 Å². The Labute approximate surface area is 78.3 Å². The number of primary sulfonamides is 1. The minimum absolute atomic E-state index is 0.0614. The number of rotatable bonds is 1. The van der Waals surface area contributed by atoms with Gasteiger partial charge in [0, 0.05) is 0 Å². The van der Waals surface area contributed by atoms with Gasteiger partial charge in [0.1, 0.15) is 9.84 Å². The highest BCUT2D eigenvalue weighted by atomic mass is 32.2. The molecule has 0 spiro atoms. The van der Waals surface area contributed by atoms with Crippen LogP contribution in [-0.4, -0.2) is 33.6 Å².